The molecule has 0 fully saturated rings. The van der Waals surface area contributed by atoms with Crippen molar-refractivity contribution in [1.29, 1.82) is 0 Å². The van der Waals surface area contributed by atoms with E-state index in [4.69, 9.17) is 0 Å². The molecular weight excluding hydrogens is 258 g/mol. The van der Waals surface area contributed by atoms with Gasteiger partial charge in [-0.15, -0.1) is 24.0 Å². The van der Waals surface area contributed by atoms with Gasteiger partial charge in [0.15, 0.2) is 0 Å². The van der Waals surface area contributed by atoms with Gasteiger partial charge in [0.2, 0.25) is 0 Å². The van der Waals surface area contributed by atoms with E-state index in [0.29, 0.717) is 0 Å². The smallest absolute Gasteiger partial charge is 0.124 e. The number of hydrogen-bond acceptors (Lipinski definition) is 3. The second kappa shape index (κ2) is 4.96. The standard InChI is InChI=1S/C15H11NS2/c17-14-10-18-15(16-14)13-8-6-12(7-9-13)11-4-2-1-3-5-11/h1-10,17H. The molecule has 0 amide bonds. The number of benzene rings is 2. The van der Waals surface area contributed by atoms with Crippen molar-refractivity contribution in [3.63, 3.8) is 0 Å². The van der Waals surface area contributed by atoms with Gasteiger partial charge in [0.05, 0.1) is 0 Å². The van der Waals surface area contributed by atoms with Crippen molar-refractivity contribution in [3.8, 4) is 21.7 Å². The van der Waals surface area contributed by atoms with Crippen LogP contribution in [0.4, 0.5) is 0 Å². The maximum Gasteiger partial charge on any atom is 0.124 e. The van der Waals surface area contributed by atoms with Crippen molar-refractivity contribution < 1.29 is 0 Å². The van der Waals surface area contributed by atoms with Crippen molar-refractivity contribution in [3.05, 3.63) is 60.0 Å². The van der Waals surface area contributed by atoms with Gasteiger partial charge in [0, 0.05) is 10.9 Å². The summed E-state index contributed by atoms with van der Waals surface area (Å²) in [6, 6.07) is 18.8. The lowest BCUT2D eigenvalue weighted by atomic mass is 10.0. The van der Waals surface area contributed by atoms with Crippen LogP contribution in [0.5, 0.6) is 0 Å². The fourth-order valence-corrected chi connectivity index (χ4v) is 2.85. The van der Waals surface area contributed by atoms with E-state index in [9.17, 15) is 0 Å². The normalized spacial score (nSPS) is 10.5. The molecule has 18 heavy (non-hydrogen) atoms. The van der Waals surface area contributed by atoms with Gasteiger partial charge < -0.3 is 0 Å². The average Bonchev–Trinajstić information content (AvgIpc) is 2.87. The lowest BCUT2D eigenvalue weighted by molar-refractivity contribution is 1.22. The molecule has 0 saturated heterocycles. The van der Waals surface area contributed by atoms with Gasteiger partial charge in [-0.1, -0.05) is 54.6 Å². The molecule has 0 aliphatic carbocycles. The second-order valence-electron chi connectivity index (χ2n) is 3.95. The van der Waals surface area contributed by atoms with Gasteiger partial charge in [0.25, 0.3) is 0 Å². The monoisotopic (exact) mass is 269 g/mol. The summed E-state index contributed by atoms with van der Waals surface area (Å²) < 4.78 is 0. The molecule has 1 nitrogen and oxygen atoms in total. The number of aromatic nitrogens is 1. The van der Waals surface area contributed by atoms with Crippen molar-refractivity contribution >= 4 is 24.0 Å². The minimum absolute atomic E-state index is 0.780. The Morgan fingerprint density at radius 3 is 2.00 bits per heavy atom. The quantitative estimate of drug-likeness (QED) is 0.661. The molecule has 1 heterocycles. The van der Waals surface area contributed by atoms with Crippen LogP contribution in [0, 0.1) is 0 Å². The zero-order valence-electron chi connectivity index (χ0n) is 9.58. The lowest BCUT2D eigenvalue weighted by Crippen LogP contribution is -1.79. The summed E-state index contributed by atoms with van der Waals surface area (Å²) >= 11 is 5.85. The van der Waals surface area contributed by atoms with Crippen LogP contribution in [0.1, 0.15) is 0 Å². The highest BCUT2D eigenvalue weighted by molar-refractivity contribution is 7.80. The average molecular weight is 269 g/mol. The number of thiazole rings is 1. The van der Waals surface area contributed by atoms with Gasteiger partial charge in [-0.05, 0) is 11.1 Å². The van der Waals surface area contributed by atoms with Crippen molar-refractivity contribution in [2.75, 3.05) is 0 Å². The first-order valence-corrected chi connectivity index (χ1v) is 6.96. The van der Waals surface area contributed by atoms with Crippen LogP contribution in [0.25, 0.3) is 21.7 Å². The molecule has 3 heteroatoms. The first kappa shape index (κ1) is 11.5. The summed E-state index contributed by atoms with van der Waals surface area (Å²) in [5, 5.41) is 3.74. The Kier molecular flexibility index (Phi) is 3.17. The van der Waals surface area contributed by atoms with E-state index in [-0.39, 0.29) is 0 Å². The topological polar surface area (TPSA) is 12.9 Å². The van der Waals surface area contributed by atoms with E-state index < -0.39 is 0 Å². The Morgan fingerprint density at radius 1 is 0.778 bits per heavy atom. The highest BCUT2D eigenvalue weighted by Crippen LogP contribution is 2.27. The predicted octanol–water partition coefficient (Wildman–Crippen LogP) is 4.77. The van der Waals surface area contributed by atoms with Crippen LogP contribution in [0.2, 0.25) is 0 Å². The molecule has 0 radical (unpaired) electrons. The fourth-order valence-electron chi connectivity index (χ4n) is 1.83. The predicted molar refractivity (Wildman–Crippen MR) is 80.2 cm³/mol. The van der Waals surface area contributed by atoms with Crippen LogP contribution < -0.4 is 0 Å². The Morgan fingerprint density at radius 2 is 1.39 bits per heavy atom. The summed E-state index contributed by atoms with van der Waals surface area (Å²) in [5.74, 6) is 0. The van der Waals surface area contributed by atoms with Crippen molar-refractivity contribution in [2.24, 2.45) is 0 Å². The lowest BCUT2D eigenvalue weighted by Gasteiger charge is -2.02. The summed E-state index contributed by atoms with van der Waals surface area (Å²) in [4.78, 5) is 4.37. The highest BCUT2D eigenvalue weighted by atomic mass is 32.1. The number of nitrogens with zero attached hydrogens (tertiary/aromatic N) is 1. The summed E-state index contributed by atoms with van der Waals surface area (Å²) in [6.45, 7) is 0. The zero-order chi connectivity index (χ0) is 12.4. The third-order valence-corrected chi connectivity index (χ3v) is 4.03. The van der Waals surface area contributed by atoms with E-state index in [2.05, 4.69) is 66.1 Å². The van der Waals surface area contributed by atoms with Crippen molar-refractivity contribution in [1.82, 2.24) is 4.98 Å². The third kappa shape index (κ3) is 2.33. The summed E-state index contributed by atoms with van der Waals surface area (Å²) in [5.41, 5.74) is 3.60. The molecule has 3 aromatic rings. The van der Waals surface area contributed by atoms with Crippen LogP contribution >= 0.6 is 24.0 Å². The van der Waals surface area contributed by atoms with Gasteiger partial charge in [0.1, 0.15) is 10.0 Å². The molecule has 0 aliphatic heterocycles. The van der Waals surface area contributed by atoms with Gasteiger partial charge in [-0.2, -0.15) is 0 Å². The Balaban J connectivity index is 1.94. The number of hydrogen-bond donors (Lipinski definition) is 1. The number of thiol groups is 1. The van der Waals surface area contributed by atoms with Gasteiger partial charge in [-0.3, -0.25) is 0 Å². The number of rotatable bonds is 2. The molecule has 0 unspecified atom stereocenters. The summed E-state index contributed by atoms with van der Waals surface area (Å²) in [7, 11) is 0. The second-order valence-corrected chi connectivity index (χ2v) is 5.27. The minimum atomic E-state index is 0.780. The maximum absolute atomic E-state index is 4.37. The van der Waals surface area contributed by atoms with Crippen LogP contribution in [0.3, 0.4) is 0 Å². The first-order valence-electron chi connectivity index (χ1n) is 5.63. The molecule has 2 aromatic carbocycles. The molecule has 0 saturated carbocycles. The molecular formula is C15H11NS2. The van der Waals surface area contributed by atoms with Gasteiger partial charge in [-0.25, -0.2) is 4.98 Å². The Labute approximate surface area is 116 Å². The molecule has 0 bridgehead atoms. The largest absolute Gasteiger partial charge is 0.230 e. The molecule has 88 valence electrons. The summed E-state index contributed by atoms with van der Waals surface area (Å²) in [6.07, 6.45) is 0. The molecule has 3 rings (SSSR count). The maximum atomic E-state index is 4.37. The Bertz CT molecular complexity index is 642. The first-order chi connectivity index (χ1) is 8.83. The SMILES string of the molecule is Sc1csc(-c2ccc(-c3ccccc3)cc2)n1. The van der Waals surface area contributed by atoms with Crippen molar-refractivity contribution in [2.45, 2.75) is 5.03 Å². The van der Waals surface area contributed by atoms with Crippen LogP contribution in [0.15, 0.2) is 65.0 Å². The highest BCUT2D eigenvalue weighted by Gasteiger charge is 2.03. The van der Waals surface area contributed by atoms with E-state index in [0.717, 1.165) is 15.6 Å². The van der Waals surface area contributed by atoms with Crippen LogP contribution in [-0.4, -0.2) is 4.98 Å². The van der Waals surface area contributed by atoms with Crippen LogP contribution in [-0.2, 0) is 0 Å². The van der Waals surface area contributed by atoms with Gasteiger partial charge >= 0.3 is 0 Å². The van der Waals surface area contributed by atoms with E-state index in [1.165, 1.54) is 11.1 Å². The van der Waals surface area contributed by atoms with E-state index in [1.807, 2.05) is 11.4 Å². The molecule has 0 atom stereocenters. The fraction of sp³-hybridized carbons (Fsp3) is 0. The molecule has 0 spiro atoms. The van der Waals surface area contributed by atoms with E-state index >= 15 is 0 Å². The van der Waals surface area contributed by atoms with E-state index in [1.54, 1.807) is 11.3 Å². The minimum Gasteiger partial charge on any atom is -0.230 e. The Hall–Kier alpha value is -1.58. The molecule has 1 aromatic heterocycles. The zero-order valence-corrected chi connectivity index (χ0v) is 11.3. The molecule has 0 N–H and O–H groups in total. The molecule has 0 aliphatic rings. The third-order valence-electron chi connectivity index (χ3n) is 2.73.